The van der Waals surface area contributed by atoms with Crippen molar-refractivity contribution >= 4 is 17.6 Å². The van der Waals surface area contributed by atoms with Crippen LogP contribution in [0.2, 0.25) is 0 Å². The predicted molar refractivity (Wildman–Crippen MR) is 80.6 cm³/mol. The van der Waals surface area contributed by atoms with Gasteiger partial charge in [-0.05, 0) is 25.0 Å². The number of amides is 3. The first-order chi connectivity index (χ1) is 11.2. The maximum Gasteiger partial charge on any atom is 0.573 e. The molecule has 1 aromatic carbocycles. The third-order valence-electron chi connectivity index (χ3n) is 3.64. The number of benzene rings is 1. The summed E-state index contributed by atoms with van der Waals surface area (Å²) in [6.45, 7) is 2.56. The van der Waals surface area contributed by atoms with E-state index in [1.165, 1.54) is 25.1 Å². The Morgan fingerprint density at radius 3 is 2.42 bits per heavy atom. The number of nitrogens with zero attached hydrogens (tertiary/aromatic N) is 1. The van der Waals surface area contributed by atoms with Gasteiger partial charge in [-0.2, -0.15) is 0 Å². The number of carbonyl (C=O) groups is 2. The number of nitrogens with one attached hydrogen (secondary N) is 2. The fourth-order valence-corrected chi connectivity index (χ4v) is 2.47. The van der Waals surface area contributed by atoms with Crippen LogP contribution >= 0.6 is 0 Å². The third kappa shape index (κ3) is 5.32. The van der Waals surface area contributed by atoms with Gasteiger partial charge in [0.25, 0.3) is 0 Å². The van der Waals surface area contributed by atoms with Crippen molar-refractivity contribution in [1.82, 2.24) is 10.2 Å². The average Bonchev–Trinajstić information content (AvgIpc) is 2.48. The number of anilines is 1. The summed E-state index contributed by atoms with van der Waals surface area (Å²) in [5, 5.41) is 5.05. The van der Waals surface area contributed by atoms with E-state index in [9.17, 15) is 22.8 Å². The van der Waals surface area contributed by atoms with Crippen LogP contribution in [0.25, 0.3) is 0 Å². The van der Waals surface area contributed by atoms with Crippen molar-refractivity contribution in [1.29, 1.82) is 0 Å². The van der Waals surface area contributed by atoms with Crippen molar-refractivity contribution < 1.29 is 27.5 Å². The maximum atomic E-state index is 12.4. The van der Waals surface area contributed by atoms with Crippen LogP contribution in [0.1, 0.15) is 19.8 Å². The van der Waals surface area contributed by atoms with Crippen LogP contribution in [-0.4, -0.2) is 42.3 Å². The molecule has 0 aliphatic carbocycles. The molecule has 1 fully saturated rings. The number of para-hydroxylation sites is 2. The molecule has 1 aromatic rings. The lowest BCUT2D eigenvalue weighted by Gasteiger charge is -2.31. The molecule has 3 amide bonds. The molecule has 0 atom stereocenters. The van der Waals surface area contributed by atoms with Crippen molar-refractivity contribution in [3.8, 4) is 5.75 Å². The number of ether oxygens (including phenoxy) is 1. The van der Waals surface area contributed by atoms with Crippen molar-refractivity contribution in [2.45, 2.75) is 32.2 Å². The molecule has 0 aromatic heterocycles. The van der Waals surface area contributed by atoms with E-state index in [4.69, 9.17) is 0 Å². The molecule has 0 spiro atoms. The fraction of sp³-hybridized carbons (Fsp3) is 0.467. The monoisotopic (exact) mass is 345 g/mol. The first-order valence-electron chi connectivity index (χ1n) is 7.42. The van der Waals surface area contributed by atoms with Gasteiger partial charge in [0.2, 0.25) is 5.91 Å². The quantitative estimate of drug-likeness (QED) is 0.885. The molecule has 9 heteroatoms. The summed E-state index contributed by atoms with van der Waals surface area (Å²) in [6.07, 6.45) is -3.66. The van der Waals surface area contributed by atoms with E-state index in [0.29, 0.717) is 25.9 Å². The molecule has 2 N–H and O–H groups in total. The highest BCUT2D eigenvalue weighted by Gasteiger charge is 2.32. The molecule has 0 radical (unpaired) electrons. The minimum absolute atomic E-state index is 0.0175. The van der Waals surface area contributed by atoms with Crippen LogP contribution in [-0.2, 0) is 4.79 Å². The molecule has 0 unspecified atom stereocenters. The van der Waals surface area contributed by atoms with E-state index in [-0.39, 0.29) is 17.6 Å². The Morgan fingerprint density at radius 2 is 1.83 bits per heavy atom. The van der Waals surface area contributed by atoms with Gasteiger partial charge in [-0.1, -0.05) is 12.1 Å². The van der Waals surface area contributed by atoms with Gasteiger partial charge in [0.1, 0.15) is 0 Å². The fourth-order valence-electron chi connectivity index (χ4n) is 2.47. The molecule has 1 heterocycles. The van der Waals surface area contributed by atoms with Crippen molar-refractivity contribution in [3.63, 3.8) is 0 Å². The summed E-state index contributed by atoms with van der Waals surface area (Å²) in [5.41, 5.74) is -0.0755. The summed E-state index contributed by atoms with van der Waals surface area (Å²) >= 11 is 0. The zero-order valence-corrected chi connectivity index (χ0v) is 13.0. The van der Waals surface area contributed by atoms with Crippen LogP contribution in [0.3, 0.4) is 0 Å². The Hall–Kier alpha value is -2.45. The molecule has 132 valence electrons. The number of alkyl halides is 3. The Morgan fingerprint density at radius 1 is 1.21 bits per heavy atom. The lowest BCUT2D eigenvalue weighted by molar-refractivity contribution is -0.274. The molecule has 1 saturated heterocycles. The maximum absolute atomic E-state index is 12.4. The zero-order valence-electron chi connectivity index (χ0n) is 13.0. The number of hydrogen-bond acceptors (Lipinski definition) is 3. The van der Waals surface area contributed by atoms with Crippen LogP contribution < -0.4 is 15.4 Å². The zero-order chi connectivity index (χ0) is 17.7. The third-order valence-corrected chi connectivity index (χ3v) is 3.64. The second-order valence-electron chi connectivity index (χ2n) is 5.42. The first-order valence-corrected chi connectivity index (χ1v) is 7.42. The van der Waals surface area contributed by atoms with Crippen LogP contribution in [0.4, 0.5) is 23.7 Å². The number of halogens is 3. The number of rotatable bonds is 3. The van der Waals surface area contributed by atoms with Gasteiger partial charge >= 0.3 is 12.4 Å². The smallest absolute Gasteiger partial charge is 0.404 e. The molecule has 0 bridgehead atoms. The highest BCUT2D eigenvalue weighted by molar-refractivity contribution is 5.91. The summed E-state index contributed by atoms with van der Waals surface area (Å²) in [5.74, 6) is -0.498. The van der Waals surface area contributed by atoms with Crippen LogP contribution in [0, 0.1) is 0 Å². The molecule has 0 saturated carbocycles. The number of likely N-dealkylation sites (tertiary alicyclic amines) is 1. The van der Waals surface area contributed by atoms with E-state index in [1.807, 2.05) is 0 Å². The van der Waals surface area contributed by atoms with E-state index in [1.54, 1.807) is 4.90 Å². The SMILES string of the molecule is CC(=O)N1CCC(NC(=O)Nc2ccccc2OC(F)(F)F)CC1. The first kappa shape index (κ1) is 17.9. The Bertz CT molecular complexity index is 599. The van der Waals surface area contributed by atoms with E-state index in [2.05, 4.69) is 15.4 Å². The standard InChI is InChI=1S/C15H18F3N3O3/c1-10(22)21-8-6-11(7-9-21)19-14(23)20-12-4-2-3-5-13(12)24-15(16,17)18/h2-5,11H,6-9H2,1H3,(H2,19,20,23). The molecular formula is C15H18F3N3O3. The van der Waals surface area contributed by atoms with E-state index >= 15 is 0 Å². The van der Waals surface area contributed by atoms with Crippen molar-refractivity contribution in [2.75, 3.05) is 18.4 Å². The highest BCUT2D eigenvalue weighted by Crippen LogP contribution is 2.29. The molecule has 1 aliphatic heterocycles. The van der Waals surface area contributed by atoms with Gasteiger partial charge < -0.3 is 20.3 Å². The summed E-state index contributed by atoms with van der Waals surface area (Å²) < 4.78 is 40.9. The van der Waals surface area contributed by atoms with Gasteiger partial charge in [-0.25, -0.2) is 4.79 Å². The molecule has 6 nitrogen and oxygen atoms in total. The van der Waals surface area contributed by atoms with Gasteiger partial charge in [0.05, 0.1) is 5.69 Å². The minimum Gasteiger partial charge on any atom is -0.404 e. The molecule has 1 aliphatic rings. The topological polar surface area (TPSA) is 70.7 Å². The highest BCUT2D eigenvalue weighted by atomic mass is 19.4. The average molecular weight is 345 g/mol. The molecular weight excluding hydrogens is 327 g/mol. The van der Waals surface area contributed by atoms with Gasteiger partial charge in [-0.15, -0.1) is 13.2 Å². The minimum atomic E-state index is -4.84. The second-order valence-corrected chi connectivity index (χ2v) is 5.42. The normalized spacial score (nSPS) is 15.8. The molecule has 24 heavy (non-hydrogen) atoms. The van der Waals surface area contributed by atoms with Crippen molar-refractivity contribution in [2.24, 2.45) is 0 Å². The van der Waals surface area contributed by atoms with Gasteiger partial charge in [0, 0.05) is 26.1 Å². The Labute approximate surface area is 137 Å². The summed E-state index contributed by atoms with van der Waals surface area (Å²) in [4.78, 5) is 24.9. The van der Waals surface area contributed by atoms with Gasteiger partial charge in [-0.3, -0.25) is 4.79 Å². The van der Waals surface area contributed by atoms with Gasteiger partial charge in [0.15, 0.2) is 5.75 Å². The Kier molecular flexibility index (Phi) is 5.53. The number of urea groups is 1. The Balaban J connectivity index is 1.90. The number of carbonyl (C=O) groups excluding carboxylic acids is 2. The lowest BCUT2D eigenvalue weighted by atomic mass is 10.1. The van der Waals surface area contributed by atoms with Crippen molar-refractivity contribution in [3.05, 3.63) is 24.3 Å². The largest absolute Gasteiger partial charge is 0.573 e. The van der Waals surface area contributed by atoms with Crippen LogP contribution in [0.5, 0.6) is 5.75 Å². The lowest BCUT2D eigenvalue weighted by Crippen LogP contribution is -2.47. The van der Waals surface area contributed by atoms with E-state index < -0.39 is 18.1 Å². The predicted octanol–water partition coefficient (Wildman–Crippen LogP) is 2.72. The van der Waals surface area contributed by atoms with E-state index in [0.717, 1.165) is 6.07 Å². The van der Waals surface area contributed by atoms with Crippen LogP contribution in [0.15, 0.2) is 24.3 Å². The second kappa shape index (κ2) is 7.41. The molecule has 2 rings (SSSR count). The summed E-state index contributed by atoms with van der Waals surface area (Å²) in [6, 6.07) is 4.55. The summed E-state index contributed by atoms with van der Waals surface area (Å²) in [7, 11) is 0. The number of piperidine rings is 1. The number of hydrogen-bond donors (Lipinski definition) is 2.